The van der Waals surface area contributed by atoms with Crippen LogP contribution in [0.15, 0.2) is 60.7 Å². The molecule has 4 heteroatoms. The third-order valence-electron chi connectivity index (χ3n) is 6.25. The molecule has 1 aliphatic rings. The van der Waals surface area contributed by atoms with E-state index in [1.165, 1.54) is 31.2 Å². The molecule has 1 fully saturated rings. The van der Waals surface area contributed by atoms with Crippen LogP contribution in [0.2, 0.25) is 0 Å². The van der Waals surface area contributed by atoms with Crippen molar-refractivity contribution in [2.45, 2.75) is 44.8 Å². The highest BCUT2D eigenvalue weighted by atomic mass is 16.5. The minimum atomic E-state index is -0.0173. The molecule has 0 heterocycles. The molecule has 1 amide bonds. The first-order valence-electron chi connectivity index (χ1n) is 11.2. The van der Waals surface area contributed by atoms with Gasteiger partial charge in [-0.3, -0.25) is 4.79 Å². The lowest BCUT2D eigenvalue weighted by Gasteiger charge is -2.37. The first kappa shape index (κ1) is 22.5. The minimum absolute atomic E-state index is 0.0173. The van der Waals surface area contributed by atoms with Crippen molar-refractivity contribution in [2.75, 3.05) is 27.2 Å². The molecular formula is C26H36N2O2. The summed E-state index contributed by atoms with van der Waals surface area (Å²) in [5.74, 6) is 1.40. The van der Waals surface area contributed by atoms with Crippen molar-refractivity contribution >= 4 is 5.91 Å². The van der Waals surface area contributed by atoms with E-state index in [9.17, 15) is 4.79 Å². The number of carbonyl (C=O) groups is 1. The Bertz CT molecular complexity index is 740. The third-order valence-corrected chi connectivity index (χ3v) is 6.25. The second kappa shape index (κ2) is 11.9. The third kappa shape index (κ3) is 6.96. The van der Waals surface area contributed by atoms with Gasteiger partial charge in [0.15, 0.2) is 0 Å². The number of nitrogens with one attached hydrogen (secondary N) is 1. The van der Waals surface area contributed by atoms with Crippen LogP contribution in [0.4, 0.5) is 0 Å². The van der Waals surface area contributed by atoms with Crippen LogP contribution in [0.3, 0.4) is 0 Å². The molecule has 1 saturated carbocycles. The maximum Gasteiger partial charge on any atom is 0.246 e. The monoisotopic (exact) mass is 408 g/mol. The summed E-state index contributed by atoms with van der Waals surface area (Å²) >= 11 is 0. The summed E-state index contributed by atoms with van der Waals surface area (Å²) in [4.78, 5) is 14.4. The quantitative estimate of drug-likeness (QED) is 0.613. The van der Waals surface area contributed by atoms with E-state index < -0.39 is 0 Å². The molecule has 3 rings (SSSR count). The maximum atomic E-state index is 12.0. The number of hydrogen-bond acceptors (Lipinski definition) is 3. The summed E-state index contributed by atoms with van der Waals surface area (Å²) in [6, 6.07) is 21.3. The molecule has 2 aromatic rings. The van der Waals surface area contributed by atoms with Gasteiger partial charge in [0.2, 0.25) is 5.91 Å². The Balaban J connectivity index is 1.33. The molecule has 1 N–H and O–H groups in total. The number of ether oxygens (including phenoxy) is 1. The number of rotatable bonds is 10. The fraction of sp³-hybridized carbons (Fsp3) is 0.500. The van der Waals surface area contributed by atoms with Crippen molar-refractivity contribution in [3.05, 3.63) is 71.8 Å². The average molecular weight is 409 g/mol. The van der Waals surface area contributed by atoms with Gasteiger partial charge in [0.1, 0.15) is 6.61 Å². The normalized spacial score (nSPS) is 20.1. The van der Waals surface area contributed by atoms with E-state index in [0.717, 1.165) is 18.5 Å². The van der Waals surface area contributed by atoms with Crippen LogP contribution in [-0.4, -0.2) is 38.1 Å². The number of benzene rings is 2. The Morgan fingerprint density at radius 3 is 2.27 bits per heavy atom. The highest BCUT2D eigenvalue weighted by molar-refractivity contribution is 5.77. The van der Waals surface area contributed by atoms with E-state index >= 15 is 0 Å². The molecule has 0 aromatic heterocycles. The summed E-state index contributed by atoms with van der Waals surface area (Å²) in [7, 11) is 4.39. The molecule has 0 aliphatic heterocycles. The van der Waals surface area contributed by atoms with Crippen molar-refractivity contribution in [3.63, 3.8) is 0 Å². The Labute approximate surface area is 181 Å². The van der Waals surface area contributed by atoms with Crippen LogP contribution < -0.4 is 5.32 Å². The summed E-state index contributed by atoms with van der Waals surface area (Å²) in [5, 5.41) is 3.02. The zero-order valence-electron chi connectivity index (χ0n) is 18.4. The van der Waals surface area contributed by atoms with E-state index in [4.69, 9.17) is 4.74 Å². The lowest BCUT2D eigenvalue weighted by atomic mass is 9.75. The van der Waals surface area contributed by atoms with Crippen molar-refractivity contribution < 1.29 is 9.53 Å². The van der Waals surface area contributed by atoms with E-state index in [1.807, 2.05) is 30.3 Å². The number of hydrogen-bond donors (Lipinski definition) is 1. The van der Waals surface area contributed by atoms with Gasteiger partial charge in [-0.25, -0.2) is 0 Å². The zero-order valence-corrected chi connectivity index (χ0v) is 18.4. The second-order valence-electron chi connectivity index (χ2n) is 8.72. The number of nitrogens with zero attached hydrogens (tertiary/aromatic N) is 1. The van der Waals surface area contributed by atoms with E-state index in [-0.39, 0.29) is 12.5 Å². The van der Waals surface area contributed by atoms with Gasteiger partial charge in [-0.2, -0.15) is 0 Å². The summed E-state index contributed by atoms with van der Waals surface area (Å²) < 4.78 is 5.51. The highest BCUT2D eigenvalue weighted by Crippen LogP contribution is 2.39. The smallest absolute Gasteiger partial charge is 0.246 e. The standard InChI is InChI=1S/C26H36N2O2/c1-28(2)26(23-11-7-4-8-12-23)24-15-13-21(14-16-24)17-18-27-25(29)20-30-19-22-9-5-3-6-10-22/h3-12,21,24,26H,13-20H2,1-2H3,(H,27,29). The Morgan fingerprint density at radius 1 is 1.00 bits per heavy atom. The van der Waals surface area contributed by atoms with Crippen LogP contribution in [-0.2, 0) is 16.1 Å². The molecule has 2 aromatic carbocycles. The van der Waals surface area contributed by atoms with Gasteiger partial charge in [-0.1, -0.05) is 73.5 Å². The van der Waals surface area contributed by atoms with Crippen LogP contribution in [0.25, 0.3) is 0 Å². The van der Waals surface area contributed by atoms with Crippen molar-refractivity contribution in [1.29, 1.82) is 0 Å². The Hall–Kier alpha value is -2.17. The zero-order chi connectivity index (χ0) is 21.2. The molecule has 1 unspecified atom stereocenters. The van der Waals surface area contributed by atoms with Crippen LogP contribution >= 0.6 is 0 Å². The summed E-state index contributed by atoms with van der Waals surface area (Å²) in [6.45, 7) is 1.36. The van der Waals surface area contributed by atoms with Gasteiger partial charge in [0.05, 0.1) is 6.61 Å². The predicted octanol–water partition coefficient (Wildman–Crippen LogP) is 4.82. The van der Waals surface area contributed by atoms with Crippen molar-refractivity contribution in [3.8, 4) is 0 Å². The molecule has 0 saturated heterocycles. The minimum Gasteiger partial charge on any atom is -0.367 e. The molecule has 0 radical (unpaired) electrons. The molecular weight excluding hydrogens is 372 g/mol. The van der Waals surface area contributed by atoms with Crippen molar-refractivity contribution in [1.82, 2.24) is 10.2 Å². The van der Waals surface area contributed by atoms with Gasteiger partial charge in [-0.05, 0) is 56.3 Å². The lowest BCUT2D eigenvalue weighted by molar-refractivity contribution is -0.126. The Morgan fingerprint density at radius 2 is 1.63 bits per heavy atom. The maximum absolute atomic E-state index is 12.0. The number of amides is 1. The van der Waals surface area contributed by atoms with Gasteiger partial charge >= 0.3 is 0 Å². The topological polar surface area (TPSA) is 41.6 Å². The SMILES string of the molecule is CN(C)C(c1ccccc1)C1CCC(CCNC(=O)COCc2ccccc2)CC1. The first-order chi connectivity index (χ1) is 14.6. The predicted molar refractivity (Wildman–Crippen MR) is 122 cm³/mol. The second-order valence-corrected chi connectivity index (χ2v) is 8.72. The van der Waals surface area contributed by atoms with Crippen LogP contribution in [0.1, 0.15) is 49.3 Å². The molecule has 4 nitrogen and oxygen atoms in total. The van der Waals surface area contributed by atoms with E-state index in [2.05, 4.69) is 54.6 Å². The summed E-state index contributed by atoms with van der Waals surface area (Å²) in [5.41, 5.74) is 2.52. The molecule has 0 spiro atoms. The van der Waals surface area contributed by atoms with Gasteiger partial charge in [-0.15, -0.1) is 0 Å². The van der Waals surface area contributed by atoms with Crippen LogP contribution in [0, 0.1) is 11.8 Å². The molecule has 1 atom stereocenters. The van der Waals surface area contributed by atoms with Gasteiger partial charge in [0.25, 0.3) is 0 Å². The fourth-order valence-electron chi connectivity index (χ4n) is 4.74. The van der Waals surface area contributed by atoms with E-state index in [1.54, 1.807) is 0 Å². The van der Waals surface area contributed by atoms with E-state index in [0.29, 0.717) is 24.5 Å². The van der Waals surface area contributed by atoms with Gasteiger partial charge in [0, 0.05) is 12.6 Å². The van der Waals surface area contributed by atoms with Gasteiger partial charge < -0.3 is 15.0 Å². The summed E-state index contributed by atoms with van der Waals surface area (Å²) in [6.07, 6.45) is 6.09. The van der Waals surface area contributed by atoms with Crippen LogP contribution in [0.5, 0.6) is 0 Å². The molecule has 162 valence electrons. The largest absolute Gasteiger partial charge is 0.367 e. The molecule has 1 aliphatic carbocycles. The first-order valence-corrected chi connectivity index (χ1v) is 11.2. The Kier molecular flexibility index (Phi) is 8.91. The fourth-order valence-corrected chi connectivity index (χ4v) is 4.74. The highest BCUT2D eigenvalue weighted by Gasteiger charge is 2.29. The molecule has 0 bridgehead atoms. The number of carbonyl (C=O) groups excluding carboxylic acids is 1. The van der Waals surface area contributed by atoms with Crippen molar-refractivity contribution in [2.24, 2.45) is 11.8 Å². The molecule has 30 heavy (non-hydrogen) atoms. The lowest BCUT2D eigenvalue weighted by Crippen LogP contribution is -2.32. The average Bonchev–Trinajstić information content (AvgIpc) is 2.76.